The van der Waals surface area contributed by atoms with Gasteiger partial charge in [0.05, 0.1) is 15.6 Å². The van der Waals surface area contributed by atoms with E-state index in [0.717, 1.165) is 12.1 Å². The van der Waals surface area contributed by atoms with Crippen molar-refractivity contribution in [1.82, 2.24) is 0 Å². The van der Waals surface area contributed by atoms with Gasteiger partial charge >= 0.3 is 6.18 Å². The van der Waals surface area contributed by atoms with Crippen LogP contribution in [0.3, 0.4) is 0 Å². The lowest BCUT2D eigenvalue weighted by atomic mass is 10.2. The standard InChI is InChI=1S/C16H13Cl2F3N2O/c17-13-5-4-11(9-14(13)18)22-7-6-15(24)23-12-3-1-2-10(8-12)16(19,20)21/h1-5,8-9,22H,6-7H2,(H,23,24). The summed E-state index contributed by atoms with van der Waals surface area (Å²) in [5.41, 5.74) is -0.0186. The average molecular weight is 377 g/mol. The van der Waals surface area contributed by atoms with Crippen LogP contribution in [0.5, 0.6) is 0 Å². The maximum absolute atomic E-state index is 12.6. The minimum Gasteiger partial charge on any atom is -0.384 e. The Bertz CT molecular complexity index is 736. The molecule has 0 aliphatic rings. The van der Waals surface area contributed by atoms with Gasteiger partial charge in [-0.05, 0) is 36.4 Å². The van der Waals surface area contributed by atoms with Crippen LogP contribution in [0, 0.1) is 0 Å². The number of benzene rings is 2. The van der Waals surface area contributed by atoms with Gasteiger partial charge in [0.15, 0.2) is 0 Å². The highest BCUT2D eigenvalue weighted by atomic mass is 35.5. The molecule has 0 spiro atoms. The molecule has 0 bridgehead atoms. The Balaban J connectivity index is 1.86. The molecule has 8 heteroatoms. The number of nitrogens with one attached hydrogen (secondary N) is 2. The van der Waals surface area contributed by atoms with E-state index < -0.39 is 17.6 Å². The van der Waals surface area contributed by atoms with Crippen molar-refractivity contribution in [1.29, 1.82) is 0 Å². The van der Waals surface area contributed by atoms with Gasteiger partial charge in [-0.3, -0.25) is 4.79 Å². The van der Waals surface area contributed by atoms with Crippen LogP contribution in [-0.4, -0.2) is 12.5 Å². The SMILES string of the molecule is O=C(CCNc1ccc(Cl)c(Cl)c1)Nc1cccc(C(F)(F)F)c1. The fourth-order valence-corrected chi connectivity index (χ4v) is 2.22. The van der Waals surface area contributed by atoms with E-state index in [1.54, 1.807) is 18.2 Å². The highest BCUT2D eigenvalue weighted by Crippen LogP contribution is 2.30. The summed E-state index contributed by atoms with van der Waals surface area (Å²) in [6.07, 6.45) is -4.37. The van der Waals surface area contributed by atoms with Gasteiger partial charge < -0.3 is 10.6 Å². The lowest BCUT2D eigenvalue weighted by Gasteiger charge is -2.10. The van der Waals surface area contributed by atoms with Crippen LogP contribution in [0.25, 0.3) is 0 Å². The summed E-state index contributed by atoms with van der Waals surface area (Å²) >= 11 is 11.7. The van der Waals surface area contributed by atoms with Gasteiger partial charge in [0, 0.05) is 24.3 Å². The second-order valence-electron chi connectivity index (χ2n) is 4.93. The zero-order valence-corrected chi connectivity index (χ0v) is 13.8. The summed E-state index contributed by atoms with van der Waals surface area (Å²) in [5.74, 6) is -0.401. The molecule has 0 atom stereocenters. The number of carbonyl (C=O) groups is 1. The van der Waals surface area contributed by atoms with E-state index >= 15 is 0 Å². The van der Waals surface area contributed by atoms with Crippen molar-refractivity contribution < 1.29 is 18.0 Å². The minimum absolute atomic E-state index is 0.0799. The van der Waals surface area contributed by atoms with Crippen LogP contribution in [-0.2, 0) is 11.0 Å². The molecule has 0 unspecified atom stereocenters. The molecule has 0 aliphatic carbocycles. The lowest BCUT2D eigenvalue weighted by molar-refractivity contribution is -0.137. The molecular weight excluding hydrogens is 364 g/mol. The normalized spacial score (nSPS) is 11.2. The van der Waals surface area contributed by atoms with E-state index in [0.29, 0.717) is 22.3 Å². The third-order valence-electron chi connectivity index (χ3n) is 3.07. The molecule has 2 aromatic rings. The quantitative estimate of drug-likeness (QED) is 0.727. The Morgan fingerprint density at radius 2 is 1.75 bits per heavy atom. The third kappa shape index (κ3) is 5.32. The molecule has 0 radical (unpaired) electrons. The number of carbonyl (C=O) groups excluding carboxylic acids is 1. The maximum atomic E-state index is 12.6. The topological polar surface area (TPSA) is 41.1 Å². The predicted molar refractivity (Wildman–Crippen MR) is 89.6 cm³/mol. The first-order chi connectivity index (χ1) is 11.3. The van der Waals surface area contributed by atoms with Crippen LogP contribution < -0.4 is 10.6 Å². The summed E-state index contributed by atoms with van der Waals surface area (Å²) in [6.45, 7) is 0.294. The van der Waals surface area contributed by atoms with E-state index in [9.17, 15) is 18.0 Å². The summed E-state index contributed by atoms with van der Waals surface area (Å²) in [7, 11) is 0. The van der Waals surface area contributed by atoms with Crippen molar-refractivity contribution in [3.8, 4) is 0 Å². The number of hydrogen-bond acceptors (Lipinski definition) is 2. The van der Waals surface area contributed by atoms with E-state index in [1.807, 2.05) is 0 Å². The highest BCUT2D eigenvalue weighted by Gasteiger charge is 2.30. The predicted octanol–water partition coefficient (Wildman–Crippen LogP) is 5.45. The Labute approximate surface area is 146 Å². The summed E-state index contributed by atoms with van der Waals surface area (Å²) in [6, 6.07) is 9.43. The molecule has 0 saturated carbocycles. The zero-order chi connectivity index (χ0) is 17.7. The van der Waals surface area contributed by atoms with Crippen molar-refractivity contribution in [3.63, 3.8) is 0 Å². The van der Waals surface area contributed by atoms with Gasteiger partial charge in [0.25, 0.3) is 0 Å². The van der Waals surface area contributed by atoms with Gasteiger partial charge in [0.2, 0.25) is 5.91 Å². The van der Waals surface area contributed by atoms with Crippen LogP contribution in [0.2, 0.25) is 10.0 Å². The molecule has 2 rings (SSSR count). The van der Waals surface area contributed by atoms with Crippen molar-refractivity contribution in [3.05, 3.63) is 58.1 Å². The van der Waals surface area contributed by atoms with Gasteiger partial charge in [-0.25, -0.2) is 0 Å². The Morgan fingerprint density at radius 3 is 2.42 bits per heavy atom. The first-order valence-electron chi connectivity index (χ1n) is 6.92. The molecule has 0 aliphatic heterocycles. The molecule has 2 aromatic carbocycles. The van der Waals surface area contributed by atoms with E-state index in [1.165, 1.54) is 12.1 Å². The number of anilines is 2. The van der Waals surface area contributed by atoms with Crippen LogP contribution in [0.15, 0.2) is 42.5 Å². The smallest absolute Gasteiger partial charge is 0.384 e. The Morgan fingerprint density at radius 1 is 1.00 bits per heavy atom. The Hall–Kier alpha value is -1.92. The van der Waals surface area contributed by atoms with Gasteiger partial charge in [-0.1, -0.05) is 29.3 Å². The van der Waals surface area contributed by atoms with Crippen LogP contribution in [0.4, 0.5) is 24.5 Å². The van der Waals surface area contributed by atoms with Crippen molar-refractivity contribution in [2.75, 3.05) is 17.2 Å². The summed E-state index contributed by atoms with van der Waals surface area (Å²) < 4.78 is 37.8. The second kappa shape index (κ2) is 7.77. The van der Waals surface area contributed by atoms with Crippen LogP contribution in [0.1, 0.15) is 12.0 Å². The number of halogens is 5. The highest BCUT2D eigenvalue weighted by molar-refractivity contribution is 6.42. The molecule has 0 aromatic heterocycles. The van der Waals surface area contributed by atoms with E-state index in [4.69, 9.17) is 23.2 Å². The molecule has 2 N–H and O–H groups in total. The summed E-state index contributed by atoms with van der Waals surface area (Å²) in [4.78, 5) is 11.8. The van der Waals surface area contributed by atoms with Crippen molar-refractivity contribution in [2.24, 2.45) is 0 Å². The second-order valence-corrected chi connectivity index (χ2v) is 5.75. The Kier molecular flexibility index (Phi) is 5.96. The third-order valence-corrected chi connectivity index (χ3v) is 3.81. The average Bonchev–Trinajstić information content (AvgIpc) is 2.50. The molecule has 3 nitrogen and oxygen atoms in total. The summed E-state index contributed by atoms with van der Waals surface area (Å²) in [5, 5.41) is 6.22. The van der Waals surface area contributed by atoms with Crippen LogP contribution >= 0.6 is 23.2 Å². The first-order valence-corrected chi connectivity index (χ1v) is 7.67. The minimum atomic E-state index is -4.45. The van der Waals surface area contributed by atoms with E-state index in [-0.39, 0.29) is 12.1 Å². The number of amides is 1. The fraction of sp³-hybridized carbons (Fsp3) is 0.188. The number of alkyl halides is 3. The van der Waals surface area contributed by atoms with E-state index in [2.05, 4.69) is 10.6 Å². The zero-order valence-electron chi connectivity index (χ0n) is 12.3. The lowest BCUT2D eigenvalue weighted by Crippen LogP contribution is -2.16. The fourth-order valence-electron chi connectivity index (χ4n) is 1.92. The van der Waals surface area contributed by atoms with Crippen molar-refractivity contribution in [2.45, 2.75) is 12.6 Å². The molecule has 0 fully saturated rings. The number of rotatable bonds is 5. The molecule has 1 amide bonds. The first kappa shape index (κ1) is 18.4. The number of hydrogen-bond donors (Lipinski definition) is 2. The molecule has 128 valence electrons. The van der Waals surface area contributed by atoms with Crippen molar-refractivity contribution >= 4 is 40.5 Å². The molecule has 0 saturated heterocycles. The maximum Gasteiger partial charge on any atom is 0.416 e. The monoisotopic (exact) mass is 376 g/mol. The molecule has 24 heavy (non-hydrogen) atoms. The van der Waals surface area contributed by atoms with Gasteiger partial charge in [-0.2, -0.15) is 13.2 Å². The molecule has 0 heterocycles. The largest absolute Gasteiger partial charge is 0.416 e. The van der Waals surface area contributed by atoms with Gasteiger partial charge in [0.1, 0.15) is 0 Å². The molecular formula is C16H13Cl2F3N2O. The van der Waals surface area contributed by atoms with Gasteiger partial charge in [-0.15, -0.1) is 0 Å².